The van der Waals surface area contributed by atoms with E-state index in [2.05, 4.69) is 10.4 Å². The van der Waals surface area contributed by atoms with Crippen LogP contribution in [0.1, 0.15) is 6.42 Å². The van der Waals surface area contributed by atoms with E-state index in [1.54, 1.807) is 18.0 Å². The standard InChI is InChI=1S/C10H14N4O4/c1-18-3-2-13-6-7(5-11-13)12-10(15)8-4-9(8)14(16)17/h5-6,8-9H,2-4H2,1H3,(H,12,15). The normalized spacial score (nSPS) is 21.6. The first-order chi connectivity index (χ1) is 8.61. The number of methoxy groups -OCH3 is 1. The molecule has 2 rings (SSSR count). The lowest BCUT2D eigenvalue weighted by molar-refractivity contribution is -0.497. The number of nitrogens with zero attached hydrogens (tertiary/aromatic N) is 3. The second-order valence-corrected chi connectivity index (χ2v) is 4.17. The van der Waals surface area contributed by atoms with Gasteiger partial charge >= 0.3 is 0 Å². The molecule has 8 heteroatoms. The topological polar surface area (TPSA) is 99.3 Å². The second-order valence-electron chi connectivity index (χ2n) is 4.17. The van der Waals surface area contributed by atoms with Crippen molar-refractivity contribution in [3.05, 3.63) is 22.5 Å². The number of rotatable bonds is 6. The van der Waals surface area contributed by atoms with Crippen LogP contribution in [0.5, 0.6) is 0 Å². The van der Waals surface area contributed by atoms with Gasteiger partial charge in [-0.15, -0.1) is 0 Å². The molecule has 2 atom stereocenters. The van der Waals surface area contributed by atoms with Crippen LogP contribution in [0.2, 0.25) is 0 Å². The maximum atomic E-state index is 11.6. The minimum Gasteiger partial charge on any atom is -0.383 e. The number of carbonyl (C=O) groups is 1. The van der Waals surface area contributed by atoms with Crippen molar-refractivity contribution in [1.29, 1.82) is 0 Å². The van der Waals surface area contributed by atoms with Crippen molar-refractivity contribution >= 4 is 11.6 Å². The van der Waals surface area contributed by atoms with Crippen molar-refractivity contribution in [2.24, 2.45) is 5.92 Å². The zero-order valence-electron chi connectivity index (χ0n) is 9.91. The van der Waals surface area contributed by atoms with Crippen molar-refractivity contribution in [1.82, 2.24) is 9.78 Å². The molecule has 0 radical (unpaired) electrons. The molecular weight excluding hydrogens is 240 g/mol. The highest BCUT2D eigenvalue weighted by molar-refractivity contribution is 5.94. The van der Waals surface area contributed by atoms with Crippen LogP contribution in [0.15, 0.2) is 12.4 Å². The van der Waals surface area contributed by atoms with E-state index in [9.17, 15) is 14.9 Å². The smallest absolute Gasteiger partial charge is 0.234 e. The number of ether oxygens (including phenoxy) is 1. The number of hydrogen-bond acceptors (Lipinski definition) is 5. The molecule has 0 spiro atoms. The predicted octanol–water partition coefficient (Wildman–Crippen LogP) is 0.133. The summed E-state index contributed by atoms with van der Waals surface area (Å²) >= 11 is 0. The molecule has 0 saturated heterocycles. The first-order valence-electron chi connectivity index (χ1n) is 5.57. The summed E-state index contributed by atoms with van der Waals surface area (Å²) in [7, 11) is 1.59. The molecule has 1 saturated carbocycles. The van der Waals surface area contributed by atoms with Gasteiger partial charge in [0.25, 0.3) is 0 Å². The average Bonchev–Trinajstić information content (AvgIpc) is 3.03. The van der Waals surface area contributed by atoms with Crippen LogP contribution in [0.3, 0.4) is 0 Å². The molecule has 1 aromatic heterocycles. The van der Waals surface area contributed by atoms with Crippen molar-refractivity contribution in [3.8, 4) is 0 Å². The fourth-order valence-corrected chi connectivity index (χ4v) is 1.67. The predicted molar refractivity (Wildman–Crippen MR) is 61.6 cm³/mol. The maximum Gasteiger partial charge on any atom is 0.234 e. The molecule has 1 aromatic rings. The van der Waals surface area contributed by atoms with Crippen molar-refractivity contribution in [3.63, 3.8) is 0 Å². The van der Waals surface area contributed by atoms with Gasteiger partial charge < -0.3 is 10.1 Å². The fraction of sp³-hybridized carbons (Fsp3) is 0.600. The number of carbonyl (C=O) groups excluding carboxylic acids is 1. The summed E-state index contributed by atoms with van der Waals surface area (Å²) in [5.74, 6) is -0.828. The summed E-state index contributed by atoms with van der Waals surface area (Å²) in [6.45, 7) is 1.12. The van der Waals surface area contributed by atoms with E-state index in [-0.39, 0.29) is 5.91 Å². The molecule has 98 valence electrons. The largest absolute Gasteiger partial charge is 0.383 e. The molecule has 1 heterocycles. The number of aromatic nitrogens is 2. The number of anilines is 1. The monoisotopic (exact) mass is 254 g/mol. The van der Waals surface area contributed by atoms with Crippen LogP contribution in [0.4, 0.5) is 5.69 Å². The van der Waals surface area contributed by atoms with Gasteiger partial charge in [-0.05, 0) is 0 Å². The maximum absolute atomic E-state index is 11.6. The highest BCUT2D eigenvalue weighted by Crippen LogP contribution is 2.33. The summed E-state index contributed by atoms with van der Waals surface area (Å²) in [6, 6.07) is -0.728. The lowest BCUT2D eigenvalue weighted by atomic mass is 10.3. The van der Waals surface area contributed by atoms with E-state index in [1.807, 2.05) is 0 Å². The van der Waals surface area contributed by atoms with Gasteiger partial charge in [0.1, 0.15) is 5.92 Å². The lowest BCUT2D eigenvalue weighted by Gasteiger charge is -2.00. The Morgan fingerprint density at radius 1 is 1.78 bits per heavy atom. The van der Waals surface area contributed by atoms with Crippen molar-refractivity contribution in [2.75, 3.05) is 19.0 Å². The van der Waals surface area contributed by atoms with Gasteiger partial charge in [0.15, 0.2) is 0 Å². The van der Waals surface area contributed by atoms with E-state index in [4.69, 9.17) is 4.74 Å². The van der Waals surface area contributed by atoms with Gasteiger partial charge in [-0.2, -0.15) is 5.10 Å². The summed E-state index contributed by atoms with van der Waals surface area (Å²) in [6.07, 6.45) is 3.49. The van der Waals surface area contributed by atoms with E-state index < -0.39 is 16.9 Å². The van der Waals surface area contributed by atoms with Gasteiger partial charge in [0, 0.05) is 24.7 Å². The van der Waals surface area contributed by atoms with Crippen LogP contribution >= 0.6 is 0 Å². The van der Waals surface area contributed by atoms with Crippen LogP contribution in [0, 0.1) is 16.0 Å². The van der Waals surface area contributed by atoms with Gasteiger partial charge in [0.05, 0.1) is 25.0 Å². The molecule has 0 aromatic carbocycles. The highest BCUT2D eigenvalue weighted by Gasteiger charge is 2.53. The molecule has 0 bridgehead atoms. The minimum absolute atomic E-state index is 0.316. The quantitative estimate of drug-likeness (QED) is 0.574. The SMILES string of the molecule is COCCn1cc(NC(=O)C2CC2[N+](=O)[O-])cn1. The van der Waals surface area contributed by atoms with Crippen LogP contribution < -0.4 is 5.32 Å². The van der Waals surface area contributed by atoms with Gasteiger partial charge in [-0.25, -0.2) is 0 Å². The van der Waals surface area contributed by atoms with Crippen LogP contribution in [-0.4, -0.2) is 40.4 Å². The highest BCUT2D eigenvalue weighted by atomic mass is 16.6. The van der Waals surface area contributed by atoms with E-state index in [0.29, 0.717) is 25.3 Å². The zero-order valence-corrected chi connectivity index (χ0v) is 9.91. The molecule has 1 fully saturated rings. The molecule has 1 aliphatic carbocycles. The number of amides is 1. The van der Waals surface area contributed by atoms with Gasteiger partial charge in [-0.1, -0.05) is 0 Å². The molecule has 0 aliphatic heterocycles. The van der Waals surface area contributed by atoms with Crippen LogP contribution in [-0.2, 0) is 16.1 Å². The second kappa shape index (κ2) is 5.13. The number of nitro groups is 1. The number of nitrogens with one attached hydrogen (secondary N) is 1. The third kappa shape index (κ3) is 2.83. The molecule has 1 N–H and O–H groups in total. The summed E-state index contributed by atoms with van der Waals surface area (Å²) in [4.78, 5) is 21.7. The first-order valence-corrected chi connectivity index (χ1v) is 5.57. The first kappa shape index (κ1) is 12.5. The molecular formula is C10H14N4O4. The summed E-state index contributed by atoms with van der Waals surface area (Å²) < 4.78 is 6.54. The Bertz CT molecular complexity index is 458. The zero-order chi connectivity index (χ0) is 13.1. The number of hydrogen-bond donors (Lipinski definition) is 1. The minimum atomic E-state index is -0.728. The van der Waals surface area contributed by atoms with Gasteiger partial charge in [0.2, 0.25) is 11.9 Å². The van der Waals surface area contributed by atoms with E-state index in [1.165, 1.54) is 6.20 Å². The Hall–Kier alpha value is -1.96. The molecule has 8 nitrogen and oxygen atoms in total. The van der Waals surface area contributed by atoms with Crippen LogP contribution in [0.25, 0.3) is 0 Å². The molecule has 1 aliphatic rings. The average molecular weight is 254 g/mol. The third-order valence-electron chi connectivity index (χ3n) is 2.79. The van der Waals surface area contributed by atoms with Gasteiger partial charge in [-0.3, -0.25) is 19.6 Å². The van der Waals surface area contributed by atoms with E-state index in [0.717, 1.165) is 0 Å². The Balaban J connectivity index is 1.84. The summed E-state index contributed by atoms with van der Waals surface area (Å²) in [5, 5.41) is 17.1. The fourth-order valence-electron chi connectivity index (χ4n) is 1.67. The molecule has 1 amide bonds. The Morgan fingerprint density at radius 3 is 3.17 bits per heavy atom. The summed E-state index contributed by atoms with van der Waals surface area (Å²) in [5.41, 5.74) is 0.546. The van der Waals surface area contributed by atoms with Crippen molar-refractivity contribution < 1.29 is 14.5 Å². The van der Waals surface area contributed by atoms with Crippen molar-refractivity contribution in [2.45, 2.75) is 19.0 Å². The lowest BCUT2D eigenvalue weighted by Crippen LogP contribution is -2.18. The molecule has 18 heavy (non-hydrogen) atoms. The Kier molecular flexibility index (Phi) is 3.56. The Morgan fingerprint density at radius 2 is 2.56 bits per heavy atom. The molecule has 2 unspecified atom stereocenters. The Labute approximate surface area is 103 Å². The third-order valence-corrected chi connectivity index (χ3v) is 2.79. The van der Waals surface area contributed by atoms with E-state index >= 15 is 0 Å².